The number of rotatable bonds is 6. The lowest BCUT2D eigenvalue weighted by molar-refractivity contribution is 0.794. The van der Waals surface area contributed by atoms with Gasteiger partial charge in [0.15, 0.2) is 17.5 Å². The lowest BCUT2D eigenvalue weighted by Crippen LogP contribution is -2.25. The Morgan fingerprint density at radius 2 is 0.623 bits per heavy atom. The molecule has 0 aliphatic heterocycles. The van der Waals surface area contributed by atoms with Gasteiger partial charge in [-0.2, -0.15) is 0 Å². The van der Waals surface area contributed by atoms with E-state index >= 15 is 0 Å². The molecule has 3 heteroatoms. The first kappa shape index (κ1) is 35.0. The van der Waals surface area contributed by atoms with Gasteiger partial charge in [0.25, 0.3) is 0 Å². The van der Waals surface area contributed by atoms with Crippen molar-refractivity contribution >= 4 is 0 Å². The third-order valence-electron chi connectivity index (χ3n) is 12.6. The van der Waals surface area contributed by atoms with Crippen molar-refractivity contribution in [3.8, 4) is 89.8 Å². The largest absolute Gasteiger partial charge is 0.208 e. The Bertz CT molecular complexity index is 3240. The first-order chi connectivity index (χ1) is 30.2. The third kappa shape index (κ3) is 5.55. The average molecular weight is 776 g/mol. The van der Waals surface area contributed by atoms with E-state index in [4.69, 9.17) is 15.0 Å². The lowest BCUT2D eigenvalue weighted by atomic mass is 9.70. The molecule has 1 heterocycles. The number of hydrogen-bond donors (Lipinski definition) is 0. The van der Waals surface area contributed by atoms with Gasteiger partial charge in [-0.1, -0.05) is 206 Å². The third-order valence-corrected chi connectivity index (χ3v) is 12.6. The summed E-state index contributed by atoms with van der Waals surface area (Å²) < 4.78 is 0. The van der Waals surface area contributed by atoms with Gasteiger partial charge in [0.05, 0.1) is 5.41 Å². The molecule has 2 aliphatic carbocycles. The molecular formula is C58H37N3. The van der Waals surface area contributed by atoms with Crippen LogP contribution in [0.3, 0.4) is 0 Å². The highest BCUT2D eigenvalue weighted by Crippen LogP contribution is 2.63. The molecule has 1 spiro atoms. The van der Waals surface area contributed by atoms with Crippen molar-refractivity contribution in [3.05, 3.63) is 247 Å². The molecule has 2 aliphatic rings. The molecule has 61 heavy (non-hydrogen) atoms. The Morgan fingerprint density at radius 1 is 0.213 bits per heavy atom. The summed E-state index contributed by atoms with van der Waals surface area (Å²) >= 11 is 0. The molecule has 0 N–H and O–H groups in total. The van der Waals surface area contributed by atoms with Gasteiger partial charge < -0.3 is 0 Å². The average Bonchev–Trinajstić information content (AvgIpc) is 3.82. The summed E-state index contributed by atoms with van der Waals surface area (Å²) in [5.41, 5.74) is 19.7. The van der Waals surface area contributed by atoms with Crippen LogP contribution in [0, 0.1) is 0 Å². The normalized spacial score (nSPS) is 12.7. The lowest BCUT2D eigenvalue weighted by Gasteiger charge is -2.30. The summed E-state index contributed by atoms with van der Waals surface area (Å²) in [6.45, 7) is 0. The van der Waals surface area contributed by atoms with Gasteiger partial charge in [-0.3, -0.25) is 0 Å². The van der Waals surface area contributed by atoms with Crippen LogP contribution in [-0.2, 0) is 5.41 Å². The maximum atomic E-state index is 5.21. The van der Waals surface area contributed by atoms with E-state index in [1.165, 1.54) is 44.5 Å². The Balaban J connectivity index is 1.05. The van der Waals surface area contributed by atoms with Crippen molar-refractivity contribution < 1.29 is 0 Å². The van der Waals surface area contributed by atoms with Crippen molar-refractivity contribution in [2.24, 2.45) is 0 Å². The molecule has 9 aromatic carbocycles. The van der Waals surface area contributed by atoms with Crippen LogP contribution in [0.25, 0.3) is 89.8 Å². The molecule has 0 saturated carbocycles. The zero-order chi connectivity index (χ0) is 40.3. The molecule has 12 rings (SSSR count). The Morgan fingerprint density at radius 3 is 1.21 bits per heavy atom. The minimum Gasteiger partial charge on any atom is -0.208 e. The fourth-order valence-corrected chi connectivity index (χ4v) is 9.87. The predicted molar refractivity (Wildman–Crippen MR) is 249 cm³/mol. The van der Waals surface area contributed by atoms with Crippen LogP contribution in [0.2, 0.25) is 0 Å². The Hall–Kier alpha value is -8.01. The van der Waals surface area contributed by atoms with E-state index in [1.54, 1.807) is 0 Å². The van der Waals surface area contributed by atoms with Crippen LogP contribution in [0.5, 0.6) is 0 Å². The summed E-state index contributed by atoms with van der Waals surface area (Å²) in [6, 6.07) is 80.5. The molecule has 0 bridgehead atoms. The highest BCUT2D eigenvalue weighted by Gasteiger charge is 2.51. The van der Waals surface area contributed by atoms with E-state index < -0.39 is 5.41 Å². The molecular weight excluding hydrogens is 739 g/mol. The summed E-state index contributed by atoms with van der Waals surface area (Å²) in [7, 11) is 0. The van der Waals surface area contributed by atoms with Gasteiger partial charge >= 0.3 is 0 Å². The first-order valence-electron chi connectivity index (χ1n) is 20.9. The van der Waals surface area contributed by atoms with Crippen LogP contribution in [-0.4, -0.2) is 15.0 Å². The van der Waals surface area contributed by atoms with E-state index in [1.807, 2.05) is 24.3 Å². The quantitative estimate of drug-likeness (QED) is 0.169. The number of hydrogen-bond acceptors (Lipinski definition) is 3. The molecule has 0 radical (unpaired) electrons. The van der Waals surface area contributed by atoms with Crippen molar-refractivity contribution in [1.29, 1.82) is 0 Å². The summed E-state index contributed by atoms with van der Waals surface area (Å²) in [6.07, 6.45) is 0. The van der Waals surface area contributed by atoms with Crippen LogP contribution >= 0.6 is 0 Å². The summed E-state index contributed by atoms with van der Waals surface area (Å²) in [5, 5.41) is 0. The number of benzene rings is 9. The molecule has 0 saturated heterocycles. The van der Waals surface area contributed by atoms with E-state index in [0.717, 1.165) is 50.1 Å². The molecule has 284 valence electrons. The molecule has 0 amide bonds. The summed E-state index contributed by atoms with van der Waals surface area (Å²) in [5.74, 6) is 1.89. The highest BCUT2D eigenvalue weighted by atomic mass is 15.0. The van der Waals surface area contributed by atoms with Gasteiger partial charge in [0.1, 0.15) is 0 Å². The van der Waals surface area contributed by atoms with Gasteiger partial charge in [-0.15, -0.1) is 0 Å². The van der Waals surface area contributed by atoms with Crippen LogP contribution in [0.1, 0.15) is 22.3 Å². The second kappa shape index (κ2) is 14.1. The van der Waals surface area contributed by atoms with Crippen molar-refractivity contribution in [2.75, 3.05) is 0 Å². The van der Waals surface area contributed by atoms with E-state index in [2.05, 4.69) is 200 Å². The van der Waals surface area contributed by atoms with Gasteiger partial charge in [0.2, 0.25) is 0 Å². The molecule has 0 unspecified atom stereocenters. The fourth-order valence-electron chi connectivity index (χ4n) is 9.87. The maximum Gasteiger partial charge on any atom is 0.164 e. The first-order valence-corrected chi connectivity index (χ1v) is 20.9. The van der Waals surface area contributed by atoms with E-state index in [-0.39, 0.29) is 0 Å². The van der Waals surface area contributed by atoms with Gasteiger partial charge in [0, 0.05) is 16.7 Å². The SMILES string of the molecule is c1ccc(-c2cccc(-c3nc(-c4ccccc4)nc(-c4ccc(-c5ccc6c(c5)C5(c7ccccc7-c7ccccc75)c5ccccc5-6)c(-c5ccccc5)c4)n3)c2)cc1. The van der Waals surface area contributed by atoms with Crippen molar-refractivity contribution in [3.63, 3.8) is 0 Å². The maximum absolute atomic E-state index is 5.21. The second-order valence-corrected chi connectivity index (χ2v) is 15.9. The van der Waals surface area contributed by atoms with Crippen molar-refractivity contribution in [2.45, 2.75) is 5.41 Å². The van der Waals surface area contributed by atoms with E-state index in [9.17, 15) is 0 Å². The van der Waals surface area contributed by atoms with Crippen LogP contribution < -0.4 is 0 Å². The Kier molecular flexibility index (Phi) is 8.07. The van der Waals surface area contributed by atoms with Crippen LogP contribution in [0.15, 0.2) is 224 Å². The van der Waals surface area contributed by atoms with Crippen molar-refractivity contribution in [1.82, 2.24) is 15.0 Å². The van der Waals surface area contributed by atoms with E-state index in [0.29, 0.717) is 17.5 Å². The molecule has 3 nitrogen and oxygen atoms in total. The monoisotopic (exact) mass is 775 g/mol. The molecule has 10 aromatic rings. The van der Waals surface area contributed by atoms with Gasteiger partial charge in [-0.05, 0) is 96.1 Å². The smallest absolute Gasteiger partial charge is 0.164 e. The zero-order valence-corrected chi connectivity index (χ0v) is 33.2. The second-order valence-electron chi connectivity index (χ2n) is 15.9. The topological polar surface area (TPSA) is 38.7 Å². The number of fused-ring (bicyclic) bond motifs is 10. The molecule has 0 fully saturated rings. The number of aromatic nitrogens is 3. The zero-order valence-electron chi connectivity index (χ0n) is 33.2. The summed E-state index contributed by atoms with van der Waals surface area (Å²) in [4.78, 5) is 15.4. The highest BCUT2D eigenvalue weighted by molar-refractivity contribution is 5.97. The molecule has 1 aromatic heterocycles. The minimum absolute atomic E-state index is 0.422. The fraction of sp³-hybridized carbons (Fsp3) is 0.0172. The number of nitrogens with zero attached hydrogens (tertiary/aromatic N) is 3. The van der Waals surface area contributed by atoms with Gasteiger partial charge in [-0.25, -0.2) is 15.0 Å². The minimum atomic E-state index is -0.422. The Labute approximate surface area is 355 Å². The predicted octanol–water partition coefficient (Wildman–Crippen LogP) is 14.2. The van der Waals surface area contributed by atoms with Crippen LogP contribution in [0.4, 0.5) is 0 Å². The molecule has 0 atom stereocenters. The standard InChI is InChI=1S/C58H37N3/c1-4-17-38(18-5-1)41-23-16-24-43(35-41)56-59-55(40-21-8-3-9-22-40)60-57(61-56)44-32-33-45(50(36-44)39-19-6-2-7-20-39)42-31-34-49-48-27-12-15-30-53(48)58(54(49)37-42)51-28-13-10-25-46(51)47-26-11-14-29-52(47)58/h1-37H.